The molecule has 0 spiro atoms. The highest BCUT2D eigenvalue weighted by atomic mass is 16.2. The summed E-state index contributed by atoms with van der Waals surface area (Å²) in [5.41, 5.74) is 1.08. The van der Waals surface area contributed by atoms with Gasteiger partial charge >= 0.3 is 0 Å². The number of carbonyl (C=O) groups excluding carboxylic acids is 1. The van der Waals surface area contributed by atoms with Crippen molar-refractivity contribution in [3.8, 4) is 0 Å². The van der Waals surface area contributed by atoms with Crippen LogP contribution in [0, 0.1) is 0 Å². The van der Waals surface area contributed by atoms with Crippen molar-refractivity contribution in [3.63, 3.8) is 0 Å². The fraction of sp³-hybridized carbons (Fsp3) is 0.462. The van der Waals surface area contributed by atoms with Crippen LogP contribution >= 0.6 is 0 Å². The van der Waals surface area contributed by atoms with Crippen molar-refractivity contribution in [1.29, 1.82) is 0 Å². The predicted molar refractivity (Wildman–Crippen MR) is 63.5 cm³/mol. The Hall–Kier alpha value is -1.31. The molecule has 0 atom stereocenters. The molecule has 15 heavy (non-hydrogen) atoms. The molecule has 1 amide bonds. The normalized spacial score (nSPS) is 16.5. The van der Waals surface area contributed by atoms with Crippen molar-refractivity contribution in [2.24, 2.45) is 0 Å². The van der Waals surface area contributed by atoms with Crippen LogP contribution in [0.2, 0.25) is 0 Å². The van der Waals surface area contributed by atoms with Gasteiger partial charge in [-0.2, -0.15) is 0 Å². The topological polar surface area (TPSA) is 20.3 Å². The van der Waals surface area contributed by atoms with Crippen LogP contribution in [-0.2, 0) is 4.79 Å². The molecular weight excluding hydrogens is 186 g/mol. The maximum absolute atomic E-state index is 11.7. The van der Waals surface area contributed by atoms with Crippen LogP contribution in [0.25, 0.3) is 0 Å². The third-order valence-electron chi connectivity index (χ3n) is 2.68. The molecule has 0 aromatic rings. The van der Waals surface area contributed by atoms with Gasteiger partial charge in [0.1, 0.15) is 0 Å². The monoisotopic (exact) mass is 205 g/mol. The Morgan fingerprint density at radius 1 is 1.20 bits per heavy atom. The second-order valence-corrected chi connectivity index (χ2v) is 3.77. The zero-order valence-electron chi connectivity index (χ0n) is 9.24. The Morgan fingerprint density at radius 2 is 1.87 bits per heavy atom. The summed E-state index contributed by atoms with van der Waals surface area (Å²) in [4.78, 5) is 13.7. The summed E-state index contributed by atoms with van der Waals surface area (Å²) in [6.07, 6.45) is 9.10. The third-order valence-corrected chi connectivity index (χ3v) is 2.68. The van der Waals surface area contributed by atoms with Gasteiger partial charge in [-0.05, 0) is 24.8 Å². The number of hydrogen-bond donors (Lipinski definition) is 0. The first kappa shape index (κ1) is 11.8. The molecule has 1 heterocycles. The molecule has 0 radical (unpaired) electrons. The zero-order valence-corrected chi connectivity index (χ0v) is 9.24. The first-order chi connectivity index (χ1) is 7.27. The lowest BCUT2D eigenvalue weighted by molar-refractivity contribution is -0.130. The van der Waals surface area contributed by atoms with Crippen molar-refractivity contribution >= 4 is 5.91 Å². The number of likely N-dealkylation sites (tertiary alicyclic amines) is 1. The summed E-state index contributed by atoms with van der Waals surface area (Å²) in [5, 5.41) is 0. The molecule has 1 fully saturated rings. The molecule has 1 saturated heterocycles. The van der Waals surface area contributed by atoms with E-state index in [0.29, 0.717) is 6.42 Å². The maximum atomic E-state index is 11.7. The highest BCUT2D eigenvalue weighted by molar-refractivity contribution is 5.76. The van der Waals surface area contributed by atoms with E-state index < -0.39 is 0 Å². The third kappa shape index (κ3) is 3.74. The number of nitrogens with zero attached hydrogens (tertiary/aromatic N) is 1. The van der Waals surface area contributed by atoms with Crippen molar-refractivity contribution < 1.29 is 4.79 Å². The van der Waals surface area contributed by atoms with Crippen LogP contribution in [0.1, 0.15) is 25.7 Å². The van der Waals surface area contributed by atoms with Gasteiger partial charge in [-0.15, -0.1) is 0 Å². The van der Waals surface area contributed by atoms with Crippen molar-refractivity contribution in [3.05, 3.63) is 37.0 Å². The molecule has 0 unspecified atom stereocenters. The molecule has 0 bridgehead atoms. The summed E-state index contributed by atoms with van der Waals surface area (Å²) in [5.74, 6) is 0.268. The average Bonchev–Trinajstić information content (AvgIpc) is 2.77. The highest BCUT2D eigenvalue weighted by Crippen LogP contribution is 2.13. The Morgan fingerprint density at radius 3 is 2.40 bits per heavy atom. The van der Waals surface area contributed by atoms with E-state index in [4.69, 9.17) is 0 Å². The smallest absolute Gasteiger partial charge is 0.222 e. The summed E-state index contributed by atoms with van der Waals surface area (Å²) in [6.45, 7) is 9.22. The summed E-state index contributed by atoms with van der Waals surface area (Å²) < 4.78 is 0. The number of amides is 1. The zero-order chi connectivity index (χ0) is 11.1. The van der Waals surface area contributed by atoms with Gasteiger partial charge in [0.15, 0.2) is 0 Å². The van der Waals surface area contributed by atoms with Gasteiger partial charge in [0.25, 0.3) is 0 Å². The molecule has 0 N–H and O–H groups in total. The lowest BCUT2D eigenvalue weighted by Crippen LogP contribution is -2.27. The van der Waals surface area contributed by atoms with E-state index in [-0.39, 0.29) is 5.91 Å². The number of rotatable bonds is 5. The summed E-state index contributed by atoms with van der Waals surface area (Å²) in [7, 11) is 0. The van der Waals surface area contributed by atoms with E-state index in [2.05, 4.69) is 13.2 Å². The van der Waals surface area contributed by atoms with E-state index >= 15 is 0 Å². The molecule has 82 valence electrons. The Bertz CT molecular complexity index is 272. The molecule has 2 heteroatoms. The van der Waals surface area contributed by atoms with Crippen LogP contribution in [-0.4, -0.2) is 23.9 Å². The van der Waals surface area contributed by atoms with E-state index in [1.54, 1.807) is 12.2 Å². The number of carbonyl (C=O) groups is 1. The van der Waals surface area contributed by atoms with Crippen LogP contribution in [0.4, 0.5) is 0 Å². The fourth-order valence-electron chi connectivity index (χ4n) is 1.78. The molecule has 0 aromatic heterocycles. The Balaban J connectivity index is 2.35. The first-order valence-corrected chi connectivity index (χ1v) is 5.49. The maximum Gasteiger partial charge on any atom is 0.222 e. The van der Waals surface area contributed by atoms with E-state index in [1.807, 2.05) is 11.0 Å². The van der Waals surface area contributed by atoms with Crippen LogP contribution < -0.4 is 0 Å². The molecule has 1 aliphatic rings. The van der Waals surface area contributed by atoms with Crippen LogP contribution in [0.3, 0.4) is 0 Å². The minimum atomic E-state index is 0.268. The van der Waals surface area contributed by atoms with Crippen LogP contribution in [0.15, 0.2) is 37.0 Å². The Labute approximate surface area is 92.0 Å². The van der Waals surface area contributed by atoms with Crippen molar-refractivity contribution in [2.75, 3.05) is 13.1 Å². The number of hydrogen-bond acceptors (Lipinski definition) is 1. The van der Waals surface area contributed by atoms with Crippen molar-refractivity contribution in [1.82, 2.24) is 4.90 Å². The SMILES string of the molecule is C=C/C=C(\C=C)CCC(=O)N1CCCC1. The van der Waals surface area contributed by atoms with Gasteiger partial charge in [0.2, 0.25) is 5.91 Å². The lowest BCUT2D eigenvalue weighted by Gasteiger charge is -2.14. The minimum Gasteiger partial charge on any atom is -0.343 e. The second-order valence-electron chi connectivity index (χ2n) is 3.77. The summed E-state index contributed by atoms with van der Waals surface area (Å²) in [6, 6.07) is 0. The van der Waals surface area contributed by atoms with E-state index in [1.165, 1.54) is 0 Å². The molecule has 1 aliphatic heterocycles. The highest BCUT2D eigenvalue weighted by Gasteiger charge is 2.17. The largest absolute Gasteiger partial charge is 0.343 e. The van der Waals surface area contributed by atoms with Crippen LogP contribution in [0.5, 0.6) is 0 Å². The standard InChI is InChI=1S/C13H19NO/c1-3-7-12(4-2)8-9-13(15)14-10-5-6-11-14/h3-4,7H,1-2,5-6,8-11H2/b12-7+. The van der Waals surface area contributed by atoms with E-state index in [9.17, 15) is 4.79 Å². The Kier molecular flexibility index (Phi) is 4.88. The minimum absolute atomic E-state index is 0.268. The average molecular weight is 205 g/mol. The molecular formula is C13H19NO. The quantitative estimate of drug-likeness (QED) is 0.632. The second kappa shape index (κ2) is 6.23. The van der Waals surface area contributed by atoms with Gasteiger partial charge in [-0.1, -0.05) is 31.4 Å². The molecule has 0 aromatic carbocycles. The van der Waals surface area contributed by atoms with Gasteiger partial charge in [-0.3, -0.25) is 4.79 Å². The first-order valence-electron chi connectivity index (χ1n) is 5.49. The number of allylic oxidation sites excluding steroid dienone is 4. The lowest BCUT2D eigenvalue weighted by atomic mass is 10.1. The van der Waals surface area contributed by atoms with Gasteiger partial charge in [0.05, 0.1) is 0 Å². The van der Waals surface area contributed by atoms with Gasteiger partial charge in [-0.25, -0.2) is 0 Å². The molecule has 2 nitrogen and oxygen atoms in total. The van der Waals surface area contributed by atoms with Gasteiger partial charge < -0.3 is 4.90 Å². The fourth-order valence-corrected chi connectivity index (χ4v) is 1.78. The molecule has 0 aliphatic carbocycles. The molecule has 1 rings (SSSR count). The van der Waals surface area contributed by atoms with E-state index in [0.717, 1.165) is 37.9 Å². The van der Waals surface area contributed by atoms with Gasteiger partial charge in [0, 0.05) is 19.5 Å². The van der Waals surface area contributed by atoms with Crippen molar-refractivity contribution in [2.45, 2.75) is 25.7 Å². The predicted octanol–water partition coefficient (Wildman–Crippen LogP) is 2.69. The summed E-state index contributed by atoms with van der Waals surface area (Å²) >= 11 is 0. The molecule has 0 saturated carbocycles.